The number of nitrogens with one attached hydrogen (secondary N) is 2. The van der Waals surface area contributed by atoms with Crippen LogP contribution in [0.25, 0.3) is 0 Å². The summed E-state index contributed by atoms with van der Waals surface area (Å²) in [7, 11) is 1.40. The number of aromatic amines is 1. The van der Waals surface area contributed by atoms with E-state index in [4.69, 9.17) is 17.0 Å². The number of esters is 1. The maximum Gasteiger partial charge on any atom is 0.307 e. The van der Waals surface area contributed by atoms with E-state index in [2.05, 4.69) is 33.2 Å². The maximum absolute atomic E-state index is 11.6. The van der Waals surface area contributed by atoms with Crippen LogP contribution in [-0.2, 0) is 9.53 Å². The van der Waals surface area contributed by atoms with Gasteiger partial charge in [0, 0.05) is 24.1 Å². The third kappa shape index (κ3) is 3.51. The molecule has 0 spiro atoms. The zero-order valence-electron chi connectivity index (χ0n) is 14.6. The number of aromatic nitrogens is 2. The molecule has 0 unspecified atom stereocenters. The van der Waals surface area contributed by atoms with Crippen molar-refractivity contribution in [2.75, 3.05) is 13.7 Å². The highest BCUT2D eigenvalue weighted by Gasteiger charge is 2.40. The van der Waals surface area contributed by atoms with Crippen LogP contribution >= 0.6 is 12.2 Å². The molecule has 1 aliphatic rings. The molecule has 0 aromatic carbocycles. The number of H-pyrrole nitrogens is 1. The summed E-state index contributed by atoms with van der Waals surface area (Å²) >= 11 is 5.56. The second-order valence-corrected chi connectivity index (χ2v) is 6.57. The zero-order valence-corrected chi connectivity index (χ0v) is 15.4. The van der Waals surface area contributed by atoms with Gasteiger partial charge in [-0.25, -0.2) is 0 Å². The number of methoxy groups -OCH3 is 1. The molecule has 0 amide bonds. The number of pyridine rings is 1. The summed E-state index contributed by atoms with van der Waals surface area (Å²) in [5.41, 5.74) is 4.27. The van der Waals surface area contributed by atoms with Gasteiger partial charge in [-0.15, -0.1) is 0 Å². The molecular weight excluding hydrogens is 336 g/mol. The van der Waals surface area contributed by atoms with Gasteiger partial charge in [-0.2, -0.15) is 0 Å². The van der Waals surface area contributed by atoms with Crippen molar-refractivity contribution in [2.45, 2.75) is 32.4 Å². The highest BCUT2D eigenvalue weighted by molar-refractivity contribution is 7.80. The van der Waals surface area contributed by atoms with E-state index in [9.17, 15) is 4.79 Å². The van der Waals surface area contributed by atoms with E-state index in [-0.39, 0.29) is 24.5 Å². The number of carbonyl (C=O) groups is 1. The molecular formula is C18H22N4O2S. The number of hydrogen-bond donors (Lipinski definition) is 2. The Labute approximate surface area is 152 Å². The standard InChI is InChI=1S/C18H22N4O2S/c1-11-10-13(12(2)20-11)17-16(14-6-4-5-8-19-14)21-18(25)22(17)9-7-15(23)24-3/h4-6,8,10,16-17,20H,7,9H2,1-3H3,(H,21,25)/t16-,17+/m0/s1. The van der Waals surface area contributed by atoms with Crippen LogP contribution in [0.1, 0.15) is 41.1 Å². The van der Waals surface area contributed by atoms with Crippen molar-refractivity contribution < 1.29 is 9.53 Å². The van der Waals surface area contributed by atoms with Gasteiger partial charge in [0.05, 0.1) is 31.3 Å². The average Bonchev–Trinajstić information content (AvgIpc) is 3.11. The van der Waals surface area contributed by atoms with Gasteiger partial charge in [-0.05, 0) is 49.8 Å². The largest absolute Gasteiger partial charge is 0.469 e. The van der Waals surface area contributed by atoms with Crippen LogP contribution < -0.4 is 5.32 Å². The summed E-state index contributed by atoms with van der Waals surface area (Å²) in [6.45, 7) is 4.58. The molecule has 1 saturated heterocycles. The molecule has 25 heavy (non-hydrogen) atoms. The smallest absolute Gasteiger partial charge is 0.307 e. The van der Waals surface area contributed by atoms with Gasteiger partial charge in [0.25, 0.3) is 0 Å². The van der Waals surface area contributed by atoms with Gasteiger partial charge >= 0.3 is 5.97 Å². The first kappa shape index (κ1) is 17.4. The SMILES string of the molecule is COC(=O)CCN1C(=S)N[C@@H](c2ccccn2)[C@H]1c1cc(C)[nH]c1C. The van der Waals surface area contributed by atoms with E-state index in [1.54, 1.807) is 6.20 Å². The number of rotatable bonds is 5. The molecule has 0 aliphatic carbocycles. The third-order valence-corrected chi connectivity index (χ3v) is 4.84. The van der Waals surface area contributed by atoms with E-state index in [0.29, 0.717) is 11.7 Å². The molecule has 0 bridgehead atoms. The number of nitrogens with zero attached hydrogens (tertiary/aromatic N) is 2. The molecule has 2 aromatic heterocycles. The molecule has 2 aromatic rings. The number of ether oxygens (including phenoxy) is 1. The monoisotopic (exact) mass is 358 g/mol. The Hall–Kier alpha value is -2.41. The average molecular weight is 358 g/mol. The number of aryl methyl sites for hydroxylation is 2. The summed E-state index contributed by atoms with van der Waals surface area (Å²) < 4.78 is 4.78. The number of thiocarbonyl (C=S) groups is 1. The fraction of sp³-hybridized carbons (Fsp3) is 0.389. The summed E-state index contributed by atoms with van der Waals surface area (Å²) in [6.07, 6.45) is 2.07. The van der Waals surface area contributed by atoms with E-state index >= 15 is 0 Å². The second-order valence-electron chi connectivity index (χ2n) is 6.18. The van der Waals surface area contributed by atoms with Crippen LogP contribution in [-0.4, -0.2) is 39.6 Å². The van der Waals surface area contributed by atoms with Gasteiger partial charge in [-0.1, -0.05) is 6.07 Å². The topological polar surface area (TPSA) is 70.2 Å². The Kier molecular flexibility index (Phi) is 5.03. The Morgan fingerprint density at radius 3 is 2.80 bits per heavy atom. The number of hydrogen-bond acceptors (Lipinski definition) is 4. The van der Waals surface area contributed by atoms with Gasteiger partial charge in [-0.3, -0.25) is 9.78 Å². The Bertz CT molecular complexity index is 775. The van der Waals surface area contributed by atoms with E-state index in [1.165, 1.54) is 7.11 Å². The zero-order chi connectivity index (χ0) is 18.0. The molecule has 1 fully saturated rings. The molecule has 7 heteroatoms. The minimum Gasteiger partial charge on any atom is -0.469 e. The lowest BCUT2D eigenvalue weighted by molar-refractivity contribution is -0.140. The Morgan fingerprint density at radius 1 is 1.40 bits per heavy atom. The van der Waals surface area contributed by atoms with Crippen LogP contribution in [0.3, 0.4) is 0 Å². The molecule has 6 nitrogen and oxygen atoms in total. The predicted molar refractivity (Wildman–Crippen MR) is 99.1 cm³/mol. The lowest BCUT2D eigenvalue weighted by Gasteiger charge is -2.27. The van der Waals surface area contributed by atoms with Crippen LogP contribution in [0.5, 0.6) is 0 Å². The normalized spacial score (nSPS) is 19.8. The first-order chi connectivity index (χ1) is 12.0. The van der Waals surface area contributed by atoms with E-state index in [1.807, 2.05) is 25.1 Å². The van der Waals surface area contributed by atoms with E-state index < -0.39 is 0 Å². The Balaban J connectivity index is 1.97. The fourth-order valence-electron chi connectivity index (χ4n) is 3.35. The van der Waals surface area contributed by atoms with Gasteiger partial charge in [0.15, 0.2) is 5.11 Å². The Morgan fingerprint density at radius 2 is 2.20 bits per heavy atom. The molecule has 3 heterocycles. The molecule has 2 N–H and O–H groups in total. The van der Waals surface area contributed by atoms with Crippen LogP contribution in [0.2, 0.25) is 0 Å². The maximum atomic E-state index is 11.6. The van der Waals surface area contributed by atoms with Gasteiger partial charge in [0.2, 0.25) is 0 Å². The fourth-order valence-corrected chi connectivity index (χ4v) is 3.68. The number of carbonyl (C=O) groups excluding carboxylic acids is 1. The quantitative estimate of drug-likeness (QED) is 0.632. The lowest BCUT2D eigenvalue weighted by Crippen LogP contribution is -2.32. The van der Waals surface area contributed by atoms with Gasteiger partial charge < -0.3 is 19.9 Å². The molecule has 0 saturated carbocycles. The summed E-state index contributed by atoms with van der Waals surface area (Å²) in [6, 6.07) is 7.89. The van der Waals surface area contributed by atoms with Crippen molar-refractivity contribution in [3.8, 4) is 0 Å². The van der Waals surface area contributed by atoms with Crippen molar-refractivity contribution in [3.63, 3.8) is 0 Å². The van der Waals surface area contributed by atoms with Crippen molar-refractivity contribution in [3.05, 3.63) is 53.1 Å². The molecule has 132 valence electrons. The highest BCUT2D eigenvalue weighted by Crippen LogP contribution is 2.40. The van der Waals surface area contributed by atoms with Crippen molar-refractivity contribution in [1.82, 2.24) is 20.2 Å². The predicted octanol–water partition coefficient (Wildman–Crippen LogP) is 2.56. The minimum absolute atomic E-state index is 0.0305. The summed E-state index contributed by atoms with van der Waals surface area (Å²) in [5, 5.41) is 4.00. The lowest BCUT2D eigenvalue weighted by atomic mass is 9.96. The van der Waals surface area contributed by atoms with Gasteiger partial charge in [0.1, 0.15) is 0 Å². The molecule has 1 aliphatic heterocycles. The first-order valence-electron chi connectivity index (χ1n) is 8.22. The van der Waals surface area contributed by atoms with Crippen LogP contribution in [0, 0.1) is 13.8 Å². The third-order valence-electron chi connectivity index (χ3n) is 4.49. The second kappa shape index (κ2) is 7.23. The van der Waals surface area contributed by atoms with Crippen LogP contribution in [0.15, 0.2) is 30.5 Å². The minimum atomic E-state index is -0.246. The highest BCUT2D eigenvalue weighted by atomic mass is 32.1. The summed E-state index contributed by atoms with van der Waals surface area (Å²) in [4.78, 5) is 21.5. The van der Waals surface area contributed by atoms with Crippen molar-refractivity contribution >= 4 is 23.3 Å². The van der Waals surface area contributed by atoms with Crippen molar-refractivity contribution in [2.24, 2.45) is 0 Å². The van der Waals surface area contributed by atoms with Crippen molar-refractivity contribution in [1.29, 1.82) is 0 Å². The molecule has 3 rings (SSSR count). The molecule has 2 atom stereocenters. The molecule has 0 radical (unpaired) electrons. The first-order valence-corrected chi connectivity index (χ1v) is 8.63. The summed E-state index contributed by atoms with van der Waals surface area (Å²) in [5.74, 6) is -0.246. The van der Waals surface area contributed by atoms with Crippen LogP contribution in [0.4, 0.5) is 0 Å². The van der Waals surface area contributed by atoms with E-state index in [0.717, 1.165) is 22.6 Å².